The number of fused-ring (bicyclic) bond motifs is 7. The lowest BCUT2D eigenvalue weighted by molar-refractivity contribution is 0.669. The molecule has 1 heterocycles. The van der Waals surface area contributed by atoms with Crippen molar-refractivity contribution in [1.29, 1.82) is 0 Å². The van der Waals surface area contributed by atoms with Crippen molar-refractivity contribution in [3.63, 3.8) is 0 Å². The fourth-order valence-corrected chi connectivity index (χ4v) is 9.22. The molecule has 0 fully saturated rings. The number of hydrogen-bond acceptors (Lipinski definition) is 2. The van der Waals surface area contributed by atoms with Gasteiger partial charge in [0, 0.05) is 22.1 Å². The van der Waals surface area contributed by atoms with Gasteiger partial charge in [0.2, 0.25) is 0 Å². The Labute approximate surface area is 360 Å². The Bertz CT molecular complexity index is 3600. The van der Waals surface area contributed by atoms with Crippen LogP contribution in [0.2, 0.25) is 0 Å². The smallest absolute Gasteiger partial charge is 0.160 e. The van der Waals surface area contributed by atoms with E-state index in [4.69, 9.17) is 4.42 Å². The molecular formula is C60H39NO. The quantitative estimate of drug-likeness (QED) is 0.160. The highest BCUT2D eigenvalue weighted by molar-refractivity contribution is 6.23. The number of rotatable bonds is 7. The molecule has 2 heteroatoms. The van der Waals surface area contributed by atoms with Crippen LogP contribution in [0, 0.1) is 0 Å². The van der Waals surface area contributed by atoms with E-state index in [1.54, 1.807) is 0 Å². The van der Waals surface area contributed by atoms with Gasteiger partial charge in [0.1, 0.15) is 5.58 Å². The molecule has 0 unspecified atom stereocenters. The number of furan rings is 1. The Hall–Kier alpha value is -8.20. The number of benzene rings is 11. The highest BCUT2D eigenvalue weighted by atomic mass is 16.3. The predicted octanol–water partition coefficient (Wildman–Crippen LogP) is 17.2. The maximum absolute atomic E-state index is 6.80. The minimum absolute atomic E-state index is 0.868. The zero-order chi connectivity index (χ0) is 41.0. The molecule has 0 spiro atoms. The van der Waals surface area contributed by atoms with Crippen LogP contribution in [0.3, 0.4) is 0 Å². The van der Waals surface area contributed by atoms with Gasteiger partial charge in [0.25, 0.3) is 0 Å². The van der Waals surface area contributed by atoms with Crippen molar-refractivity contribution in [3.05, 3.63) is 237 Å². The first-order chi connectivity index (χ1) is 30.7. The molecule has 0 radical (unpaired) electrons. The Morgan fingerprint density at radius 2 is 0.677 bits per heavy atom. The molecular weight excluding hydrogens is 751 g/mol. The molecule has 0 aliphatic rings. The normalized spacial score (nSPS) is 11.5. The van der Waals surface area contributed by atoms with Crippen molar-refractivity contribution in [2.24, 2.45) is 0 Å². The third-order valence-electron chi connectivity index (χ3n) is 12.4. The van der Waals surface area contributed by atoms with Crippen LogP contribution in [-0.2, 0) is 0 Å². The second-order valence-electron chi connectivity index (χ2n) is 16.1. The van der Waals surface area contributed by atoms with Gasteiger partial charge >= 0.3 is 0 Å². The van der Waals surface area contributed by atoms with Gasteiger partial charge in [0.15, 0.2) is 5.58 Å². The van der Waals surface area contributed by atoms with Crippen LogP contribution in [-0.4, -0.2) is 0 Å². The fourth-order valence-electron chi connectivity index (χ4n) is 9.22. The van der Waals surface area contributed by atoms with Gasteiger partial charge in [-0.05, 0) is 131 Å². The van der Waals surface area contributed by atoms with Crippen molar-refractivity contribution in [3.8, 4) is 44.5 Å². The van der Waals surface area contributed by atoms with E-state index in [2.05, 4.69) is 235 Å². The van der Waals surface area contributed by atoms with Crippen molar-refractivity contribution in [2.45, 2.75) is 0 Å². The maximum atomic E-state index is 6.80. The Balaban J connectivity index is 0.935. The number of anilines is 3. The minimum Gasteiger partial charge on any atom is -0.454 e. The summed E-state index contributed by atoms with van der Waals surface area (Å²) in [5.41, 5.74) is 14.4. The van der Waals surface area contributed by atoms with Gasteiger partial charge in [-0.25, -0.2) is 0 Å². The van der Waals surface area contributed by atoms with Crippen molar-refractivity contribution in [2.75, 3.05) is 4.90 Å². The summed E-state index contributed by atoms with van der Waals surface area (Å²) < 4.78 is 6.80. The maximum Gasteiger partial charge on any atom is 0.160 e. The molecule has 0 atom stereocenters. The standard InChI is InChI=1S/C60H39NO/c1-2-10-40(11-3-1)42-18-20-43(21-19-42)44-28-32-53(33-29-44)61(57-39-52-14-6-7-15-55(52)59-56-16-8-9-17-58(56)62-60(57)59)54-34-30-45(31-35-54)47-24-25-50-38-51(27-26-49(50)37-47)48-23-22-41-12-4-5-13-46(41)36-48/h1-39H. The van der Waals surface area contributed by atoms with Crippen LogP contribution in [0.15, 0.2) is 241 Å². The molecule has 1 aromatic heterocycles. The van der Waals surface area contributed by atoms with Crippen LogP contribution < -0.4 is 4.90 Å². The Kier molecular flexibility index (Phi) is 8.53. The molecule has 0 N–H and O–H groups in total. The van der Waals surface area contributed by atoms with E-state index in [1.165, 1.54) is 65.7 Å². The average molecular weight is 790 g/mol. The van der Waals surface area contributed by atoms with E-state index in [0.29, 0.717) is 0 Å². The molecule has 0 aliphatic carbocycles. The van der Waals surface area contributed by atoms with Crippen LogP contribution in [0.25, 0.3) is 98.8 Å². The van der Waals surface area contributed by atoms with E-state index in [1.807, 2.05) is 6.07 Å². The monoisotopic (exact) mass is 789 g/mol. The largest absolute Gasteiger partial charge is 0.454 e. The molecule has 0 saturated heterocycles. The van der Waals surface area contributed by atoms with Gasteiger partial charge in [0.05, 0.1) is 5.69 Å². The first kappa shape index (κ1) is 35.7. The third-order valence-corrected chi connectivity index (χ3v) is 12.4. The van der Waals surface area contributed by atoms with Gasteiger partial charge in [-0.1, -0.05) is 182 Å². The second-order valence-corrected chi connectivity index (χ2v) is 16.1. The van der Waals surface area contributed by atoms with Gasteiger partial charge in [-0.3, -0.25) is 0 Å². The zero-order valence-corrected chi connectivity index (χ0v) is 33.9. The lowest BCUT2D eigenvalue weighted by Gasteiger charge is -2.26. The van der Waals surface area contributed by atoms with E-state index in [0.717, 1.165) is 50.1 Å². The molecule has 62 heavy (non-hydrogen) atoms. The second kappa shape index (κ2) is 14.8. The van der Waals surface area contributed by atoms with E-state index >= 15 is 0 Å². The van der Waals surface area contributed by atoms with Crippen molar-refractivity contribution in [1.82, 2.24) is 0 Å². The molecule has 12 aromatic rings. The fraction of sp³-hybridized carbons (Fsp3) is 0. The summed E-state index contributed by atoms with van der Waals surface area (Å²) in [5.74, 6) is 0. The van der Waals surface area contributed by atoms with Gasteiger partial charge in [-0.15, -0.1) is 0 Å². The third kappa shape index (κ3) is 6.29. The molecule has 12 rings (SSSR count). The first-order valence-corrected chi connectivity index (χ1v) is 21.2. The lowest BCUT2D eigenvalue weighted by Crippen LogP contribution is -2.10. The molecule has 290 valence electrons. The molecule has 0 aliphatic heterocycles. The van der Waals surface area contributed by atoms with Gasteiger partial charge in [-0.2, -0.15) is 0 Å². The number of para-hydroxylation sites is 1. The molecule has 0 saturated carbocycles. The lowest BCUT2D eigenvalue weighted by atomic mass is 9.96. The van der Waals surface area contributed by atoms with Crippen LogP contribution in [0.5, 0.6) is 0 Å². The molecule has 11 aromatic carbocycles. The zero-order valence-electron chi connectivity index (χ0n) is 33.9. The molecule has 0 bridgehead atoms. The van der Waals surface area contributed by atoms with E-state index in [-0.39, 0.29) is 0 Å². The van der Waals surface area contributed by atoms with E-state index < -0.39 is 0 Å². The molecule has 2 nitrogen and oxygen atoms in total. The summed E-state index contributed by atoms with van der Waals surface area (Å²) in [5, 5.41) is 9.55. The SMILES string of the molecule is c1ccc(-c2ccc(-c3ccc(N(c4ccc(-c5ccc6cc(-c7ccc8ccccc8c7)ccc6c5)cc4)c4cc5ccccc5c5c4oc4ccccc45)cc3)cc2)cc1. The Morgan fingerprint density at radius 1 is 0.274 bits per heavy atom. The summed E-state index contributed by atoms with van der Waals surface area (Å²) >= 11 is 0. The Morgan fingerprint density at radius 3 is 1.29 bits per heavy atom. The highest BCUT2D eigenvalue weighted by Gasteiger charge is 2.22. The summed E-state index contributed by atoms with van der Waals surface area (Å²) in [6.45, 7) is 0. The van der Waals surface area contributed by atoms with E-state index in [9.17, 15) is 0 Å². The topological polar surface area (TPSA) is 16.4 Å². The summed E-state index contributed by atoms with van der Waals surface area (Å²) in [6, 6.07) is 85.4. The minimum atomic E-state index is 0.868. The van der Waals surface area contributed by atoms with Gasteiger partial charge < -0.3 is 9.32 Å². The highest BCUT2D eigenvalue weighted by Crippen LogP contribution is 2.46. The van der Waals surface area contributed by atoms with Crippen LogP contribution in [0.1, 0.15) is 0 Å². The summed E-state index contributed by atoms with van der Waals surface area (Å²) in [7, 11) is 0. The average Bonchev–Trinajstić information content (AvgIpc) is 3.75. The van der Waals surface area contributed by atoms with Crippen LogP contribution in [0.4, 0.5) is 17.1 Å². The summed E-state index contributed by atoms with van der Waals surface area (Å²) in [4.78, 5) is 2.35. The summed E-state index contributed by atoms with van der Waals surface area (Å²) in [6.07, 6.45) is 0. The van der Waals surface area contributed by atoms with Crippen LogP contribution >= 0.6 is 0 Å². The number of nitrogens with zero attached hydrogens (tertiary/aromatic N) is 1. The molecule has 0 amide bonds. The van der Waals surface area contributed by atoms with Crippen molar-refractivity contribution >= 4 is 71.3 Å². The first-order valence-electron chi connectivity index (χ1n) is 21.2. The number of hydrogen-bond donors (Lipinski definition) is 0. The predicted molar refractivity (Wildman–Crippen MR) is 263 cm³/mol. The van der Waals surface area contributed by atoms with Crippen molar-refractivity contribution < 1.29 is 4.42 Å².